The lowest BCUT2D eigenvalue weighted by Gasteiger charge is -2.05. The molecule has 2 aromatic heterocycles. The number of pyridine rings is 1. The quantitative estimate of drug-likeness (QED) is 0.774. The Kier molecular flexibility index (Phi) is 2.48. The molecular formula is C11H8N6. The van der Waals surface area contributed by atoms with Crippen molar-refractivity contribution in [3.63, 3.8) is 0 Å². The average molecular weight is 224 g/mol. The van der Waals surface area contributed by atoms with Crippen molar-refractivity contribution >= 4 is 5.69 Å². The Morgan fingerprint density at radius 1 is 1.29 bits per heavy atom. The second-order valence-corrected chi connectivity index (χ2v) is 3.43. The Bertz CT molecular complexity index is 656. The maximum Gasteiger partial charge on any atom is 0.177 e. The third-order valence-corrected chi connectivity index (χ3v) is 2.36. The van der Waals surface area contributed by atoms with Crippen LogP contribution in [-0.2, 0) is 0 Å². The Labute approximate surface area is 97.6 Å². The Hall–Kier alpha value is -2.86. The van der Waals surface area contributed by atoms with E-state index in [2.05, 4.69) is 9.97 Å². The highest BCUT2D eigenvalue weighted by Gasteiger charge is 2.12. The van der Waals surface area contributed by atoms with E-state index in [9.17, 15) is 0 Å². The van der Waals surface area contributed by atoms with E-state index in [1.54, 1.807) is 12.3 Å². The Morgan fingerprint density at radius 3 is 2.65 bits per heavy atom. The van der Waals surface area contributed by atoms with Crippen molar-refractivity contribution in [2.45, 2.75) is 6.92 Å². The molecule has 0 bridgehead atoms. The van der Waals surface area contributed by atoms with Crippen LogP contribution in [0.3, 0.4) is 0 Å². The van der Waals surface area contributed by atoms with E-state index < -0.39 is 0 Å². The fourth-order valence-corrected chi connectivity index (χ4v) is 1.37. The van der Waals surface area contributed by atoms with Gasteiger partial charge in [-0.1, -0.05) is 0 Å². The van der Waals surface area contributed by atoms with Crippen LogP contribution in [0.4, 0.5) is 5.69 Å². The molecule has 0 fully saturated rings. The zero-order valence-electron chi connectivity index (χ0n) is 9.05. The van der Waals surface area contributed by atoms with E-state index in [0.717, 1.165) is 5.56 Å². The van der Waals surface area contributed by atoms with Gasteiger partial charge in [-0.3, -0.25) is 4.57 Å². The number of nitrogen functional groups attached to an aromatic ring is 1. The summed E-state index contributed by atoms with van der Waals surface area (Å²) in [5.41, 5.74) is 7.43. The van der Waals surface area contributed by atoms with Crippen LogP contribution in [-0.4, -0.2) is 14.5 Å². The van der Waals surface area contributed by atoms with Crippen molar-refractivity contribution in [2.75, 3.05) is 5.73 Å². The minimum absolute atomic E-state index is 0.0773. The van der Waals surface area contributed by atoms with Gasteiger partial charge in [0.2, 0.25) is 0 Å². The van der Waals surface area contributed by atoms with Crippen LogP contribution in [0.5, 0.6) is 0 Å². The molecule has 0 aliphatic rings. The first kappa shape index (κ1) is 10.7. The average Bonchev–Trinajstić information content (AvgIpc) is 2.75. The lowest BCUT2D eigenvalue weighted by atomic mass is 10.2. The molecule has 0 saturated carbocycles. The molecule has 17 heavy (non-hydrogen) atoms. The molecule has 0 radical (unpaired) electrons. The summed E-state index contributed by atoms with van der Waals surface area (Å²) in [5.74, 6) is 0.471. The number of hydrogen-bond acceptors (Lipinski definition) is 5. The molecular weight excluding hydrogens is 216 g/mol. The molecule has 0 saturated heterocycles. The van der Waals surface area contributed by atoms with E-state index >= 15 is 0 Å². The van der Waals surface area contributed by atoms with Crippen LogP contribution in [0.1, 0.15) is 17.0 Å². The number of nitrogens with two attached hydrogens (primary N) is 1. The molecule has 2 rings (SSSR count). The van der Waals surface area contributed by atoms with Crippen molar-refractivity contribution in [2.24, 2.45) is 0 Å². The van der Waals surface area contributed by atoms with Crippen molar-refractivity contribution in [3.05, 3.63) is 35.5 Å². The molecule has 6 heteroatoms. The monoisotopic (exact) mass is 224 g/mol. The highest BCUT2D eigenvalue weighted by atomic mass is 15.1. The molecule has 2 aromatic rings. The van der Waals surface area contributed by atoms with Crippen molar-refractivity contribution in [1.29, 1.82) is 10.5 Å². The molecule has 0 amide bonds. The number of anilines is 1. The second kappa shape index (κ2) is 3.95. The Balaban J connectivity index is 2.62. The first-order valence-corrected chi connectivity index (χ1v) is 4.77. The van der Waals surface area contributed by atoms with E-state index in [-0.39, 0.29) is 11.4 Å². The zero-order valence-corrected chi connectivity index (χ0v) is 9.05. The highest BCUT2D eigenvalue weighted by Crippen LogP contribution is 2.16. The summed E-state index contributed by atoms with van der Waals surface area (Å²) in [5, 5.41) is 17.8. The molecule has 0 unspecified atom stereocenters. The van der Waals surface area contributed by atoms with Crippen LogP contribution in [0.25, 0.3) is 5.82 Å². The molecule has 0 spiro atoms. The number of nitrogens with zero attached hydrogens (tertiary/aromatic N) is 5. The van der Waals surface area contributed by atoms with Gasteiger partial charge in [0, 0.05) is 18.0 Å². The van der Waals surface area contributed by atoms with Gasteiger partial charge >= 0.3 is 0 Å². The molecule has 0 aromatic carbocycles. The van der Waals surface area contributed by atoms with Crippen LogP contribution >= 0.6 is 0 Å². The van der Waals surface area contributed by atoms with Gasteiger partial charge in [0.05, 0.1) is 0 Å². The van der Waals surface area contributed by atoms with E-state index in [1.165, 1.54) is 10.9 Å². The summed E-state index contributed by atoms with van der Waals surface area (Å²) in [6.45, 7) is 1.84. The van der Waals surface area contributed by atoms with Crippen LogP contribution in [0.15, 0.2) is 18.6 Å². The Morgan fingerprint density at radius 2 is 2.06 bits per heavy atom. The van der Waals surface area contributed by atoms with Gasteiger partial charge in [-0.2, -0.15) is 10.5 Å². The van der Waals surface area contributed by atoms with Gasteiger partial charge in [-0.15, -0.1) is 0 Å². The normalized spacial score (nSPS) is 9.59. The van der Waals surface area contributed by atoms with Gasteiger partial charge in [0.25, 0.3) is 0 Å². The van der Waals surface area contributed by atoms with E-state index in [1.807, 2.05) is 19.1 Å². The minimum atomic E-state index is 0.0773. The minimum Gasteiger partial charge on any atom is -0.398 e. The third-order valence-electron chi connectivity index (χ3n) is 2.36. The van der Waals surface area contributed by atoms with Crippen molar-refractivity contribution < 1.29 is 0 Å². The number of nitriles is 2. The van der Waals surface area contributed by atoms with Crippen molar-refractivity contribution in [1.82, 2.24) is 14.5 Å². The topological polar surface area (TPSA) is 104 Å². The van der Waals surface area contributed by atoms with Crippen LogP contribution in [0.2, 0.25) is 0 Å². The summed E-state index contributed by atoms with van der Waals surface area (Å²) in [6.07, 6.45) is 2.99. The first-order chi connectivity index (χ1) is 8.17. The predicted molar refractivity (Wildman–Crippen MR) is 59.9 cm³/mol. The summed E-state index contributed by atoms with van der Waals surface area (Å²) < 4.78 is 1.44. The van der Waals surface area contributed by atoms with Gasteiger partial charge in [0.15, 0.2) is 11.4 Å². The van der Waals surface area contributed by atoms with E-state index in [4.69, 9.17) is 16.3 Å². The fraction of sp³-hybridized carbons (Fsp3) is 0.0909. The smallest absolute Gasteiger partial charge is 0.177 e. The summed E-state index contributed by atoms with van der Waals surface area (Å²) >= 11 is 0. The summed E-state index contributed by atoms with van der Waals surface area (Å²) in [6, 6.07) is 5.41. The summed E-state index contributed by atoms with van der Waals surface area (Å²) in [4.78, 5) is 7.98. The standard InChI is InChI=1S/C11H8N6/c1-7-5-15-11(2-8(7)14)17-6-16-9(3-12)10(17)4-13/h2,5-6H,1H3,(H2,14,15). The van der Waals surface area contributed by atoms with Gasteiger partial charge in [-0.25, -0.2) is 9.97 Å². The molecule has 6 nitrogen and oxygen atoms in total. The number of aryl methyl sites for hydroxylation is 1. The molecule has 0 aliphatic carbocycles. The van der Waals surface area contributed by atoms with Crippen molar-refractivity contribution in [3.8, 4) is 18.0 Å². The fourth-order valence-electron chi connectivity index (χ4n) is 1.37. The number of aromatic nitrogens is 3. The second-order valence-electron chi connectivity index (χ2n) is 3.43. The molecule has 2 heterocycles. The maximum absolute atomic E-state index is 8.98. The molecule has 0 atom stereocenters. The van der Waals surface area contributed by atoms with Crippen LogP contribution in [0, 0.1) is 29.6 Å². The number of imidazole rings is 1. The molecule has 82 valence electrons. The zero-order chi connectivity index (χ0) is 12.4. The predicted octanol–water partition coefficient (Wildman–Crippen LogP) is 0.901. The lowest BCUT2D eigenvalue weighted by Crippen LogP contribution is -2.02. The maximum atomic E-state index is 8.98. The largest absolute Gasteiger partial charge is 0.398 e. The lowest BCUT2D eigenvalue weighted by molar-refractivity contribution is 0.973. The highest BCUT2D eigenvalue weighted by molar-refractivity contribution is 5.51. The van der Waals surface area contributed by atoms with Gasteiger partial charge < -0.3 is 5.73 Å². The number of rotatable bonds is 1. The van der Waals surface area contributed by atoms with E-state index in [0.29, 0.717) is 11.5 Å². The van der Waals surface area contributed by atoms with Gasteiger partial charge in [0.1, 0.15) is 24.3 Å². The first-order valence-electron chi connectivity index (χ1n) is 4.77. The SMILES string of the molecule is Cc1cnc(-n2cnc(C#N)c2C#N)cc1N. The van der Waals surface area contributed by atoms with Gasteiger partial charge in [-0.05, 0) is 12.5 Å². The molecule has 0 aliphatic heterocycles. The summed E-state index contributed by atoms with van der Waals surface area (Å²) in [7, 11) is 0. The number of hydrogen-bond donors (Lipinski definition) is 1. The third kappa shape index (κ3) is 1.68. The van der Waals surface area contributed by atoms with Crippen LogP contribution < -0.4 is 5.73 Å². The molecule has 2 N–H and O–H groups in total.